The van der Waals surface area contributed by atoms with Crippen LogP contribution in [-0.4, -0.2) is 35.6 Å². The number of benzene rings is 1. The van der Waals surface area contributed by atoms with E-state index in [1.165, 1.54) is 0 Å². The third-order valence-corrected chi connectivity index (χ3v) is 3.45. The zero-order valence-corrected chi connectivity index (χ0v) is 11.9. The summed E-state index contributed by atoms with van der Waals surface area (Å²) in [4.78, 5) is 11.9. The lowest BCUT2D eigenvalue weighted by atomic mass is 10.1. The van der Waals surface area contributed by atoms with E-state index in [4.69, 9.17) is 10.5 Å². The Morgan fingerprint density at radius 1 is 1.50 bits per heavy atom. The van der Waals surface area contributed by atoms with Gasteiger partial charge in [-0.1, -0.05) is 0 Å². The Kier molecular flexibility index (Phi) is 4.57. The fourth-order valence-corrected chi connectivity index (χ4v) is 2.47. The fraction of sp³-hybridized carbons (Fsp3) is 0.538. The van der Waals surface area contributed by atoms with Crippen molar-refractivity contribution < 1.29 is 22.8 Å². The van der Waals surface area contributed by atoms with E-state index < -0.39 is 28.0 Å². The van der Waals surface area contributed by atoms with Crippen LogP contribution in [0.5, 0.6) is 0 Å². The third kappa shape index (κ3) is 3.66. The molecule has 1 aliphatic heterocycles. The first kappa shape index (κ1) is 16.5. The number of hydrogen-bond donors (Lipinski definition) is 1. The van der Waals surface area contributed by atoms with Crippen LogP contribution in [0.3, 0.4) is 0 Å². The molecule has 122 valence electrons. The average Bonchev–Trinajstić information content (AvgIpc) is 2.39. The van der Waals surface area contributed by atoms with Gasteiger partial charge in [-0.15, -0.1) is 0 Å². The van der Waals surface area contributed by atoms with Gasteiger partial charge in [0.05, 0.1) is 23.2 Å². The Bertz CT molecular complexity index is 578. The van der Waals surface area contributed by atoms with Crippen LogP contribution in [0, 0.1) is 10.1 Å². The molecule has 0 aliphatic carbocycles. The average molecular weight is 319 g/mol. The Labute approximate surface area is 124 Å². The van der Waals surface area contributed by atoms with Crippen LogP contribution < -0.4 is 5.73 Å². The van der Waals surface area contributed by atoms with Crippen LogP contribution in [0.25, 0.3) is 0 Å². The Morgan fingerprint density at radius 3 is 2.73 bits per heavy atom. The summed E-state index contributed by atoms with van der Waals surface area (Å²) in [7, 11) is 0. The number of halogens is 3. The maximum atomic E-state index is 13.0. The molecular formula is C13H16F3N3O3. The van der Waals surface area contributed by atoms with Crippen LogP contribution in [0.1, 0.15) is 18.1 Å². The van der Waals surface area contributed by atoms with E-state index in [1.807, 2.05) is 11.8 Å². The van der Waals surface area contributed by atoms with E-state index in [0.717, 1.165) is 12.1 Å². The first-order valence-electron chi connectivity index (χ1n) is 6.66. The summed E-state index contributed by atoms with van der Waals surface area (Å²) in [6, 6.07) is 1.98. The quantitative estimate of drug-likeness (QED) is 0.525. The SMILES string of the molecule is C[C@@H]1CN(Cc2cc([N+](=O)[O-])c(N)c(C(F)(F)F)c2)CCO1. The van der Waals surface area contributed by atoms with E-state index in [2.05, 4.69) is 0 Å². The highest BCUT2D eigenvalue weighted by Gasteiger charge is 2.36. The summed E-state index contributed by atoms with van der Waals surface area (Å²) < 4.78 is 44.3. The molecule has 0 spiro atoms. The third-order valence-electron chi connectivity index (χ3n) is 3.45. The Hall–Kier alpha value is -1.87. The van der Waals surface area contributed by atoms with Gasteiger partial charge in [-0.25, -0.2) is 0 Å². The van der Waals surface area contributed by atoms with Gasteiger partial charge in [0.2, 0.25) is 0 Å². The van der Waals surface area contributed by atoms with Gasteiger partial charge >= 0.3 is 6.18 Å². The molecule has 0 saturated carbocycles. The number of ether oxygens (including phenoxy) is 1. The molecule has 0 amide bonds. The number of nitrogen functional groups attached to an aromatic ring is 1. The summed E-state index contributed by atoms with van der Waals surface area (Å²) in [6.45, 7) is 3.63. The summed E-state index contributed by atoms with van der Waals surface area (Å²) in [6.07, 6.45) is -4.76. The molecule has 22 heavy (non-hydrogen) atoms. The highest BCUT2D eigenvalue weighted by atomic mass is 19.4. The predicted molar refractivity (Wildman–Crippen MR) is 73.2 cm³/mol. The van der Waals surface area contributed by atoms with Gasteiger partial charge in [0.15, 0.2) is 0 Å². The van der Waals surface area contributed by atoms with E-state index >= 15 is 0 Å². The second kappa shape index (κ2) is 6.09. The number of hydrogen-bond acceptors (Lipinski definition) is 5. The Balaban J connectivity index is 2.35. The molecule has 0 radical (unpaired) electrons. The van der Waals surface area contributed by atoms with Crippen LogP contribution >= 0.6 is 0 Å². The van der Waals surface area contributed by atoms with Crippen molar-refractivity contribution in [3.05, 3.63) is 33.4 Å². The molecular weight excluding hydrogens is 303 g/mol. The van der Waals surface area contributed by atoms with Crippen molar-refractivity contribution in [1.82, 2.24) is 4.90 Å². The van der Waals surface area contributed by atoms with Crippen molar-refractivity contribution >= 4 is 11.4 Å². The molecule has 1 aliphatic rings. The number of rotatable bonds is 3. The van der Waals surface area contributed by atoms with Crippen LogP contribution in [0.4, 0.5) is 24.5 Å². The van der Waals surface area contributed by atoms with E-state index in [1.54, 1.807) is 0 Å². The minimum Gasteiger partial charge on any atom is -0.393 e. The zero-order chi connectivity index (χ0) is 16.5. The summed E-state index contributed by atoms with van der Waals surface area (Å²) in [5.74, 6) is 0. The lowest BCUT2D eigenvalue weighted by Gasteiger charge is -2.31. The molecule has 0 unspecified atom stereocenters. The van der Waals surface area contributed by atoms with Gasteiger partial charge in [0, 0.05) is 25.7 Å². The zero-order valence-electron chi connectivity index (χ0n) is 11.9. The summed E-state index contributed by atoms with van der Waals surface area (Å²) >= 11 is 0. The van der Waals surface area contributed by atoms with Crippen LogP contribution in [-0.2, 0) is 17.5 Å². The van der Waals surface area contributed by atoms with Crippen LogP contribution in [0.15, 0.2) is 12.1 Å². The first-order valence-corrected chi connectivity index (χ1v) is 6.66. The smallest absolute Gasteiger partial charge is 0.393 e. The number of morpholine rings is 1. The monoisotopic (exact) mass is 319 g/mol. The molecule has 1 atom stereocenters. The highest BCUT2D eigenvalue weighted by Crippen LogP contribution is 2.39. The molecule has 1 aromatic carbocycles. The standard InChI is InChI=1S/C13H16F3N3O3/c1-8-6-18(2-3-22-8)7-9-4-10(13(14,15)16)12(17)11(5-9)19(20)21/h4-5,8H,2-3,6-7,17H2,1H3/t8-/m1/s1. The maximum Gasteiger partial charge on any atom is 0.418 e. The number of nitrogens with zero attached hydrogens (tertiary/aromatic N) is 2. The van der Waals surface area contributed by atoms with Gasteiger partial charge in [0.1, 0.15) is 5.69 Å². The number of alkyl halides is 3. The molecule has 1 fully saturated rings. The summed E-state index contributed by atoms with van der Waals surface area (Å²) in [5.41, 5.74) is 2.77. The minimum absolute atomic E-state index is 0.0281. The predicted octanol–water partition coefficient (Wildman–Crippen LogP) is 2.42. The molecule has 1 saturated heterocycles. The van der Waals surface area contributed by atoms with Crippen molar-refractivity contribution in [2.24, 2.45) is 0 Å². The normalized spacial score (nSPS) is 20.1. The van der Waals surface area contributed by atoms with Gasteiger partial charge in [-0.2, -0.15) is 13.2 Å². The lowest BCUT2D eigenvalue weighted by Crippen LogP contribution is -2.40. The molecule has 6 nitrogen and oxygen atoms in total. The number of nitro groups is 1. The fourth-order valence-electron chi connectivity index (χ4n) is 2.47. The molecule has 9 heteroatoms. The van der Waals surface area contributed by atoms with Crippen molar-refractivity contribution in [1.29, 1.82) is 0 Å². The summed E-state index contributed by atoms with van der Waals surface area (Å²) in [5, 5.41) is 10.9. The number of anilines is 1. The van der Waals surface area contributed by atoms with E-state index in [0.29, 0.717) is 19.7 Å². The van der Waals surface area contributed by atoms with Crippen LogP contribution in [0.2, 0.25) is 0 Å². The van der Waals surface area contributed by atoms with E-state index in [9.17, 15) is 23.3 Å². The molecule has 1 heterocycles. The van der Waals surface area contributed by atoms with Gasteiger partial charge in [-0.3, -0.25) is 15.0 Å². The topological polar surface area (TPSA) is 81.6 Å². The maximum absolute atomic E-state index is 13.0. The number of nitro benzene ring substituents is 1. The van der Waals surface area contributed by atoms with Gasteiger partial charge in [0.25, 0.3) is 5.69 Å². The van der Waals surface area contributed by atoms with Crippen molar-refractivity contribution in [3.8, 4) is 0 Å². The second-order valence-electron chi connectivity index (χ2n) is 5.25. The van der Waals surface area contributed by atoms with Crippen molar-refractivity contribution in [2.45, 2.75) is 25.7 Å². The first-order chi connectivity index (χ1) is 10.2. The minimum atomic E-state index is -4.73. The largest absolute Gasteiger partial charge is 0.418 e. The molecule has 0 bridgehead atoms. The van der Waals surface area contributed by atoms with Crippen molar-refractivity contribution in [2.75, 3.05) is 25.4 Å². The van der Waals surface area contributed by atoms with E-state index in [-0.39, 0.29) is 18.2 Å². The molecule has 1 aromatic rings. The highest BCUT2D eigenvalue weighted by molar-refractivity contribution is 5.65. The molecule has 2 N–H and O–H groups in total. The Morgan fingerprint density at radius 2 is 2.18 bits per heavy atom. The molecule has 2 rings (SSSR count). The van der Waals surface area contributed by atoms with Gasteiger partial charge < -0.3 is 10.5 Å². The molecule has 0 aromatic heterocycles. The second-order valence-corrected chi connectivity index (χ2v) is 5.25. The van der Waals surface area contributed by atoms with Gasteiger partial charge in [-0.05, 0) is 18.6 Å². The lowest BCUT2D eigenvalue weighted by molar-refractivity contribution is -0.384. The number of nitrogens with two attached hydrogens (primary N) is 1. The van der Waals surface area contributed by atoms with Crippen molar-refractivity contribution in [3.63, 3.8) is 0 Å².